The molecule has 35 heavy (non-hydrogen) atoms. The summed E-state index contributed by atoms with van der Waals surface area (Å²) < 4.78 is 5.08. The first-order chi connectivity index (χ1) is 16.9. The van der Waals surface area contributed by atoms with Gasteiger partial charge in [0.25, 0.3) is 0 Å². The highest BCUT2D eigenvalue weighted by Crippen LogP contribution is 2.37. The average Bonchev–Trinajstić information content (AvgIpc) is 3.22. The molecule has 178 valence electrons. The first-order valence-electron chi connectivity index (χ1n) is 11.3. The summed E-state index contributed by atoms with van der Waals surface area (Å²) in [4.78, 5) is 43.5. The van der Waals surface area contributed by atoms with E-state index in [1.807, 2.05) is 30.3 Å². The van der Waals surface area contributed by atoms with Crippen LogP contribution >= 0.6 is 0 Å². The third-order valence-corrected chi connectivity index (χ3v) is 5.77. The van der Waals surface area contributed by atoms with Crippen molar-refractivity contribution in [3.05, 3.63) is 89.5 Å². The number of amides is 2. The molecule has 8 heteroatoms. The number of rotatable bonds is 7. The van der Waals surface area contributed by atoms with E-state index < -0.39 is 11.9 Å². The van der Waals surface area contributed by atoms with E-state index in [2.05, 4.69) is 5.32 Å². The summed E-state index contributed by atoms with van der Waals surface area (Å²) in [6.45, 7) is 1.93. The van der Waals surface area contributed by atoms with Crippen LogP contribution in [-0.2, 0) is 14.3 Å². The fourth-order valence-electron chi connectivity index (χ4n) is 3.95. The third-order valence-electron chi connectivity index (χ3n) is 5.77. The molecule has 0 spiro atoms. The van der Waals surface area contributed by atoms with Gasteiger partial charge < -0.3 is 20.7 Å². The second-order valence-electron chi connectivity index (χ2n) is 7.98. The third kappa shape index (κ3) is 4.97. The van der Waals surface area contributed by atoms with Gasteiger partial charge in [-0.05, 0) is 54.4 Å². The number of likely N-dealkylation sites (N-methyl/N-ethyl adjacent to an activating group) is 1. The van der Waals surface area contributed by atoms with Gasteiger partial charge in [0.15, 0.2) is 0 Å². The summed E-state index contributed by atoms with van der Waals surface area (Å²) in [7, 11) is 1.66. The summed E-state index contributed by atoms with van der Waals surface area (Å²) in [5.74, 6) is -1.53. The molecule has 3 aromatic carbocycles. The summed E-state index contributed by atoms with van der Waals surface area (Å²) in [5.41, 5.74) is 9.82. The largest absolute Gasteiger partial charge is 0.462 e. The van der Waals surface area contributed by atoms with E-state index >= 15 is 0 Å². The van der Waals surface area contributed by atoms with Crippen LogP contribution in [0.2, 0.25) is 0 Å². The molecule has 1 aliphatic heterocycles. The van der Waals surface area contributed by atoms with Gasteiger partial charge in [-0.1, -0.05) is 36.4 Å². The number of ether oxygens (including phenoxy) is 1. The molecule has 1 atom stereocenters. The Hall–Kier alpha value is -4.30. The molecular weight excluding hydrogens is 444 g/mol. The van der Waals surface area contributed by atoms with Gasteiger partial charge >= 0.3 is 5.97 Å². The Labute approximate surface area is 203 Å². The van der Waals surface area contributed by atoms with Crippen molar-refractivity contribution in [2.24, 2.45) is 10.7 Å². The Morgan fingerprint density at radius 1 is 1.03 bits per heavy atom. The number of esters is 1. The molecule has 8 nitrogen and oxygen atoms in total. The molecule has 1 heterocycles. The Bertz CT molecular complexity index is 1290. The predicted molar refractivity (Wildman–Crippen MR) is 135 cm³/mol. The highest BCUT2D eigenvalue weighted by atomic mass is 16.5. The number of hydrogen-bond donors (Lipinski definition) is 2. The number of fused-ring (bicyclic) bond motifs is 1. The van der Waals surface area contributed by atoms with E-state index in [-0.39, 0.29) is 25.0 Å². The number of hydrogen-bond acceptors (Lipinski definition) is 6. The fourth-order valence-corrected chi connectivity index (χ4v) is 3.95. The number of nitrogens with zero attached hydrogens (tertiary/aromatic N) is 2. The molecular formula is C27H26N4O4. The molecule has 0 saturated heterocycles. The van der Waals surface area contributed by atoms with Crippen molar-refractivity contribution in [2.45, 2.75) is 12.8 Å². The standard InChI is InChI=1S/C27H26N4O4/c1-3-35-27(34)18-9-14-21-22(15-18)30-26(33)24(21)25(17-7-5-4-6-8-17)29-19-10-12-20(13-11-19)31(2)23(32)16-28/h4-15,24H,3,16,28H2,1-2H3,(H,30,33). The van der Waals surface area contributed by atoms with E-state index in [9.17, 15) is 14.4 Å². The predicted octanol–water partition coefficient (Wildman–Crippen LogP) is 3.64. The lowest BCUT2D eigenvalue weighted by Gasteiger charge is -2.17. The second kappa shape index (κ2) is 10.3. The second-order valence-corrected chi connectivity index (χ2v) is 7.98. The van der Waals surface area contributed by atoms with Crippen LogP contribution < -0.4 is 16.0 Å². The molecule has 3 N–H and O–H groups in total. The first kappa shape index (κ1) is 23.8. The van der Waals surface area contributed by atoms with Gasteiger partial charge in [0, 0.05) is 18.4 Å². The lowest BCUT2D eigenvalue weighted by Crippen LogP contribution is -2.32. The molecule has 4 rings (SSSR count). The highest BCUT2D eigenvalue weighted by Gasteiger charge is 2.36. The van der Waals surface area contributed by atoms with E-state index in [1.165, 1.54) is 4.90 Å². The van der Waals surface area contributed by atoms with Crippen molar-refractivity contribution in [1.29, 1.82) is 0 Å². The summed E-state index contributed by atoms with van der Waals surface area (Å²) in [6, 6.07) is 21.7. The van der Waals surface area contributed by atoms with Crippen molar-refractivity contribution in [3.8, 4) is 0 Å². The van der Waals surface area contributed by atoms with Crippen LogP contribution in [0.25, 0.3) is 0 Å². The lowest BCUT2D eigenvalue weighted by atomic mass is 9.90. The SMILES string of the molecule is CCOC(=O)c1ccc2c(c1)NC(=O)C2C(=Nc1ccc(N(C)C(=O)CN)cc1)c1ccccc1. The zero-order valence-corrected chi connectivity index (χ0v) is 19.5. The molecule has 0 aromatic heterocycles. The van der Waals surface area contributed by atoms with Gasteiger partial charge in [-0.3, -0.25) is 14.6 Å². The maximum atomic E-state index is 13.1. The maximum absolute atomic E-state index is 13.1. The lowest BCUT2D eigenvalue weighted by molar-refractivity contribution is -0.117. The minimum Gasteiger partial charge on any atom is -0.462 e. The van der Waals surface area contributed by atoms with Crippen LogP contribution in [0.3, 0.4) is 0 Å². The maximum Gasteiger partial charge on any atom is 0.338 e. The van der Waals surface area contributed by atoms with Crippen molar-refractivity contribution < 1.29 is 19.1 Å². The molecule has 2 amide bonds. The van der Waals surface area contributed by atoms with Crippen molar-refractivity contribution in [1.82, 2.24) is 0 Å². The topological polar surface area (TPSA) is 114 Å². The van der Waals surface area contributed by atoms with Crippen molar-refractivity contribution in [2.75, 3.05) is 30.4 Å². The van der Waals surface area contributed by atoms with E-state index in [0.29, 0.717) is 28.3 Å². The molecule has 0 radical (unpaired) electrons. The molecule has 3 aromatic rings. The van der Waals surface area contributed by atoms with E-state index in [0.717, 1.165) is 11.1 Å². The highest BCUT2D eigenvalue weighted by molar-refractivity contribution is 6.24. The molecule has 1 aliphatic rings. The van der Waals surface area contributed by atoms with Gasteiger partial charge in [0.05, 0.1) is 30.1 Å². The Kier molecular flexibility index (Phi) is 7.03. The number of carbonyl (C=O) groups excluding carboxylic acids is 3. The molecule has 0 aliphatic carbocycles. The van der Waals surface area contributed by atoms with Crippen LogP contribution in [0.5, 0.6) is 0 Å². The minimum atomic E-state index is -0.662. The van der Waals surface area contributed by atoms with Crippen LogP contribution in [0, 0.1) is 0 Å². The number of benzene rings is 3. The number of anilines is 2. The molecule has 0 saturated carbocycles. The number of nitrogens with two attached hydrogens (primary N) is 1. The van der Waals surface area contributed by atoms with E-state index in [4.69, 9.17) is 15.5 Å². The monoisotopic (exact) mass is 470 g/mol. The van der Waals surface area contributed by atoms with E-state index in [1.54, 1.807) is 56.4 Å². The quantitative estimate of drug-likeness (QED) is 0.404. The Morgan fingerprint density at radius 2 is 1.74 bits per heavy atom. The zero-order valence-electron chi connectivity index (χ0n) is 19.5. The van der Waals surface area contributed by atoms with Crippen LogP contribution in [0.4, 0.5) is 17.1 Å². The fraction of sp³-hybridized carbons (Fsp3) is 0.185. The van der Waals surface area contributed by atoms with Gasteiger partial charge in [-0.25, -0.2) is 4.79 Å². The van der Waals surface area contributed by atoms with Crippen molar-refractivity contribution >= 4 is 40.6 Å². The van der Waals surface area contributed by atoms with Gasteiger partial charge in [0.2, 0.25) is 11.8 Å². The number of nitrogens with one attached hydrogen (secondary N) is 1. The van der Waals surface area contributed by atoms with Crippen LogP contribution in [0.15, 0.2) is 77.8 Å². The number of carbonyl (C=O) groups is 3. The summed E-state index contributed by atoms with van der Waals surface area (Å²) in [5, 5.41) is 2.88. The molecule has 0 bridgehead atoms. The number of aliphatic imine (C=N–C) groups is 1. The molecule has 1 unspecified atom stereocenters. The summed E-state index contributed by atoms with van der Waals surface area (Å²) in [6.07, 6.45) is 0. The minimum absolute atomic E-state index is 0.0807. The van der Waals surface area contributed by atoms with Crippen LogP contribution in [-0.4, -0.2) is 43.7 Å². The molecule has 0 fully saturated rings. The van der Waals surface area contributed by atoms with Crippen LogP contribution in [0.1, 0.15) is 34.3 Å². The zero-order chi connectivity index (χ0) is 24.9. The van der Waals surface area contributed by atoms with Gasteiger partial charge in [0.1, 0.15) is 5.92 Å². The van der Waals surface area contributed by atoms with Gasteiger partial charge in [-0.2, -0.15) is 0 Å². The van der Waals surface area contributed by atoms with Crippen molar-refractivity contribution in [3.63, 3.8) is 0 Å². The Morgan fingerprint density at radius 3 is 2.40 bits per heavy atom. The summed E-state index contributed by atoms with van der Waals surface area (Å²) >= 11 is 0. The van der Waals surface area contributed by atoms with Gasteiger partial charge in [-0.15, -0.1) is 0 Å². The smallest absolute Gasteiger partial charge is 0.338 e. The Balaban J connectivity index is 1.74. The normalized spacial score (nSPS) is 14.8. The first-order valence-corrected chi connectivity index (χ1v) is 11.3. The average molecular weight is 471 g/mol.